The van der Waals surface area contributed by atoms with E-state index in [1.807, 2.05) is 6.07 Å². The number of hydrogen-bond donors (Lipinski definition) is 2. The Kier molecular flexibility index (Phi) is 3.43. The van der Waals surface area contributed by atoms with Gasteiger partial charge in [-0.15, -0.1) is 0 Å². The van der Waals surface area contributed by atoms with Gasteiger partial charge in [-0.3, -0.25) is 4.79 Å². The van der Waals surface area contributed by atoms with E-state index in [0.29, 0.717) is 0 Å². The topological polar surface area (TPSA) is 92.4 Å². The summed E-state index contributed by atoms with van der Waals surface area (Å²) in [5.74, 6) is -0.629. The Morgan fingerprint density at radius 2 is 2.10 bits per heavy atom. The Labute approximate surface area is 120 Å². The molecule has 2 aromatic heterocycles. The summed E-state index contributed by atoms with van der Waals surface area (Å²) in [5, 5.41) is 11.8. The molecule has 0 fully saturated rings. The third-order valence-corrected chi connectivity index (χ3v) is 3.56. The Balaban J connectivity index is 1.79. The number of carboxylic acids is 1. The Morgan fingerprint density at radius 1 is 1.29 bits per heavy atom. The number of hydrogen-bond acceptors (Lipinski definition) is 4. The van der Waals surface area contributed by atoms with Crippen LogP contribution >= 0.6 is 0 Å². The molecule has 3 rings (SSSR count). The van der Waals surface area contributed by atoms with Gasteiger partial charge in [0.25, 0.3) is 5.91 Å². The molecule has 2 N–H and O–H groups in total. The van der Waals surface area contributed by atoms with E-state index in [4.69, 9.17) is 9.52 Å². The highest BCUT2D eigenvalue weighted by molar-refractivity contribution is 5.94. The van der Waals surface area contributed by atoms with Crippen LogP contribution in [0.5, 0.6) is 0 Å². The molecule has 2 heterocycles. The van der Waals surface area contributed by atoms with E-state index >= 15 is 0 Å². The van der Waals surface area contributed by atoms with Crippen molar-refractivity contribution >= 4 is 11.9 Å². The van der Waals surface area contributed by atoms with Crippen molar-refractivity contribution in [1.82, 2.24) is 10.3 Å². The van der Waals surface area contributed by atoms with Crippen molar-refractivity contribution in [1.29, 1.82) is 0 Å². The minimum absolute atomic E-state index is 0.102. The zero-order valence-corrected chi connectivity index (χ0v) is 11.2. The molecule has 0 spiro atoms. The lowest BCUT2D eigenvalue weighted by atomic mass is 9.93. The lowest BCUT2D eigenvalue weighted by molar-refractivity contribution is 0.0690. The molecule has 0 saturated carbocycles. The second-order valence-electron chi connectivity index (χ2n) is 4.93. The van der Waals surface area contributed by atoms with Crippen LogP contribution in [0, 0.1) is 0 Å². The van der Waals surface area contributed by atoms with Gasteiger partial charge in [0.05, 0.1) is 12.3 Å². The van der Waals surface area contributed by atoms with E-state index in [1.54, 1.807) is 6.26 Å². The first-order valence-electron chi connectivity index (χ1n) is 6.72. The highest BCUT2D eigenvalue weighted by Gasteiger charge is 2.25. The molecule has 0 radical (unpaired) electrons. The zero-order chi connectivity index (χ0) is 14.8. The second-order valence-corrected chi connectivity index (χ2v) is 4.93. The lowest BCUT2D eigenvalue weighted by Gasteiger charge is -2.22. The van der Waals surface area contributed by atoms with E-state index in [9.17, 15) is 9.59 Å². The van der Waals surface area contributed by atoms with Crippen LogP contribution in [0.4, 0.5) is 0 Å². The molecule has 0 saturated heterocycles. The van der Waals surface area contributed by atoms with Gasteiger partial charge in [0, 0.05) is 12.0 Å². The van der Waals surface area contributed by atoms with Gasteiger partial charge in [0.15, 0.2) is 0 Å². The number of rotatable bonds is 3. The van der Waals surface area contributed by atoms with Crippen LogP contribution in [0.1, 0.15) is 51.2 Å². The molecule has 6 heteroatoms. The summed E-state index contributed by atoms with van der Waals surface area (Å²) < 4.78 is 5.38. The summed E-state index contributed by atoms with van der Waals surface area (Å²) in [5.41, 5.74) is 0.949. The molecule has 6 nitrogen and oxygen atoms in total. The first-order chi connectivity index (χ1) is 10.1. The summed E-state index contributed by atoms with van der Waals surface area (Å²) in [6, 6.07) is 6.11. The van der Waals surface area contributed by atoms with Crippen molar-refractivity contribution in [3.05, 3.63) is 53.2 Å². The molecule has 2 aromatic rings. The summed E-state index contributed by atoms with van der Waals surface area (Å²) >= 11 is 0. The third kappa shape index (κ3) is 2.65. The van der Waals surface area contributed by atoms with Gasteiger partial charge in [-0.25, -0.2) is 9.78 Å². The van der Waals surface area contributed by atoms with E-state index < -0.39 is 5.97 Å². The lowest BCUT2D eigenvalue weighted by Crippen LogP contribution is -2.31. The first kappa shape index (κ1) is 13.4. The summed E-state index contributed by atoms with van der Waals surface area (Å²) in [4.78, 5) is 27.0. The number of nitrogens with zero attached hydrogens (tertiary/aromatic N) is 1. The molecule has 0 bridgehead atoms. The number of pyridine rings is 1. The largest absolute Gasteiger partial charge is 0.477 e. The summed E-state index contributed by atoms with van der Waals surface area (Å²) in [6.07, 6.45) is 4.27. The van der Waals surface area contributed by atoms with Gasteiger partial charge >= 0.3 is 5.97 Å². The molecule has 1 aliphatic carbocycles. The molecule has 1 aliphatic rings. The maximum absolute atomic E-state index is 12.2. The van der Waals surface area contributed by atoms with Crippen molar-refractivity contribution in [2.24, 2.45) is 0 Å². The van der Waals surface area contributed by atoms with Crippen molar-refractivity contribution in [2.75, 3.05) is 0 Å². The number of aromatic carboxylic acids is 1. The van der Waals surface area contributed by atoms with Gasteiger partial charge in [0.2, 0.25) is 0 Å². The average molecular weight is 286 g/mol. The Hall–Kier alpha value is -2.63. The molecular formula is C15H14N2O4. The van der Waals surface area contributed by atoms with E-state index in [2.05, 4.69) is 10.3 Å². The SMILES string of the molecule is O=C(O)c1cccc(C(=O)N[C@@H]2CCCc3occc32)n1. The number of carboxylic acid groups (broad SMARTS) is 1. The van der Waals surface area contributed by atoms with Crippen molar-refractivity contribution in [3.8, 4) is 0 Å². The average Bonchev–Trinajstić information content (AvgIpc) is 2.97. The first-order valence-corrected chi connectivity index (χ1v) is 6.72. The molecular weight excluding hydrogens is 272 g/mol. The fourth-order valence-electron chi connectivity index (χ4n) is 2.55. The fraction of sp³-hybridized carbons (Fsp3) is 0.267. The number of carbonyl (C=O) groups is 2. The van der Waals surface area contributed by atoms with Crippen molar-refractivity contribution in [2.45, 2.75) is 25.3 Å². The number of amides is 1. The summed E-state index contributed by atoms with van der Waals surface area (Å²) in [6.45, 7) is 0. The van der Waals surface area contributed by atoms with Gasteiger partial charge in [-0.2, -0.15) is 0 Å². The van der Waals surface area contributed by atoms with Crippen LogP contribution in [-0.4, -0.2) is 22.0 Å². The zero-order valence-electron chi connectivity index (χ0n) is 11.2. The van der Waals surface area contributed by atoms with Crippen LogP contribution < -0.4 is 5.32 Å². The molecule has 0 unspecified atom stereocenters. The molecule has 0 aromatic carbocycles. The number of fused-ring (bicyclic) bond motifs is 1. The van der Waals surface area contributed by atoms with E-state index in [0.717, 1.165) is 30.6 Å². The third-order valence-electron chi connectivity index (χ3n) is 3.56. The number of furan rings is 1. The van der Waals surface area contributed by atoms with Crippen LogP contribution in [0.25, 0.3) is 0 Å². The molecule has 108 valence electrons. The van der Waals surface area contributed by atoms with Crippen LogP contribution in [-0.2, 0) is 6.42 Å². The number of aromatic nitrogens is 1. The molecule has 21 heavy (non-hydrogen) atoms. The molecule has 0 aliphatic heterocycles. The quantitative estimate of drug-likeness (QED) is 0.902. The summed E-state index contributed by atoms with van der Waals surface area (Å²) in [7, 11) is 0. The van der Waals surface area contributed by atoms with Crippen molar-refractivity contribution < 1.29 is 19.1 Å². The number of nitrogens with one attached hydrogen (secondary N) is 1. The minimum atomic E-state index is -1.15. The monoisotopic (exact) mass is 286 g/mol. The smallest absolute Gasteiger partial charge is 0.354 e. The predicted octanol–water partition coefficient (Wildman–Crippen LogP) is 2.18. The maximum atomic E-state index is 12.2. The number of aryl methyl sites for hydroxylation is 1. The normalized spacial score (nSPS) is 17.0. The number of carbonyl (C=O) groups excluding carboxylic acids is 1. The molecule has 1 amide bonds. The van der Waals surface area contributed by atoms with Crippen molar-refractivity contribution in [3.63, 3.8) is 0 Å². The molecule has 1 atom stereocenters. The Morgan fingerprint density at radius 3 is 2.90 bits per heavy atom. The second kappa shape index (κ2) is 5.40. The Bertz CT molecular complexity index is 692. The van der Waals surface area contributed by atoms with Gasteiger partial charge in [-0.1, -0.05) is 6.07 Å². The predicted molar refractivity (Wildman–Crippen MR) is 73.0 cm³/mol. The highest BCUT2D eigenvalue weighted by atomic mass is 16.4. The standard InChI is InChI=1S/C15H14N2O4/c18-14(11-4-1-5-12(16-11)15(19)20)17-10-3-2-6-13-9(10)7-8-21-13/h1,4-5,7-8,10H,2-3,6H2,(H,17,18)(H,19,20)/t10-/m1/s1. The van der Waals surface area contributed by atoms with Crippen LogP contribution in [0.15, 0.2) is 34.9 Å². The van der Waals surface area contributed by atoms with Crippen LogP contribution in [0.3, 0.4) is 0 Å². The van der Waals surface area contributed by atoms with E-state index in [1.165, 1.54) is 18.2 Å². The fourth-order valence-corrected chi connectivity index (χ4v) is 2.55. The maximum Gasteiger partial charge on any atom is 0.354 e. The van der Waals surface area contributed by atoms with Gasteiger partial charge in [-0.05, 0) is 31.0 Å². The van der Waals surface area contributed by atoms with E-state index in [-0.39, 0.29) is 23.3 Å². The highest BCUT2D eigenvalue weighted by Crippen LogP contribution is 2.30. The van der Waals surface area contributed by atoms with Gasteiger partial charge < -0.3 is 14.8 Å². The minimum Gasteiger partial charge on any atom is -0.477 e. The van der Waals surface area contributed by atoms with Crippen LogP contribution in [0.2, 0.25) is 0 Å². The van der Waals surface area contributed by atoms with Gasteiger partial charge in [0.1, 0.15) is 17.1 Å².